The topological polar surface area (TPSA) is 78.0 Å². The zero-order valence-corrected chi connectivity index (χ0v) is 9.95. The van der Waals surface area contributed by atoms with Gasteiger partial charge in [-0.3, -0.25) is 9.89 Å². The Morgan fingerprint density at radius 3 is 3.06 bits per heavy atom. The van der Waals surface area contributed by atoms with Crippen LogP contribution in [0.4, 0.5) is 0 Å². The van der Waals surface area contributed by atoms with E-state index in [1.54, 1.807) is 19.2 Å². The second kappa shape index (κ2) is 3.87. The summed E-state index contributed by atoms with van der Waals surface area (Å²) in [5.41, 5.74) is 4.35. The van der Waals surface area contributed by atoms with Gasteiger partial charge in [-0.15, -0.1) is 0 Å². The van der Waals surface area contributed by atoms with Crippen molar-refractivity contribution in [1.82, 2.24) is 15.5 Å². The summed E-state index contributed by atoms with van der Waals surface area (Å²) < 4.78 is 0. The predicted octanol–water partition coefficient (Wildman–Crippen LogP) is 1.24. The van der Waals surface area contributed by atoms with Gasteiger partial charge in [0.1, 0.15) is 11.4 Å². The second-order valence-electron chi connectivity index (χ2n) is 4.35. The molecule has 1 aromatic carbocycles. The smallest absolute Gasteiger partial charge is 0.269 e. The largest absolute Gasteiger partial charge is 0.508 e. The van der Waals surface area contributed by atoms with Crippen LogP contribution in [0.1, 0.15) is 21.6 Å². The van der Waals surface area contributed by atoms with Gasteiger partial charge < -0.3 is 10.4 Å². The second-order valence-corrected chi connectivity index (χ2v) is 4.35. The number of phenols is 1. The molecule has 1 amide bonds. The first-order valence-electron chi connectivity index (χ1n) is 5.82. The molecule has 0 aliphatic heterocycles. The highest BCUT2D eigenvalue weighted by molar-refractivity contribution is 5.95. The van der Waals surface area contributed by atoms with E-state index in [0.717, 1.165) is 35.2 Å². The van der Waals surface area contributed by atoms with E-state index >= 15 is 0 Å². The summed E-state index contributed by atoms with van der Waals surface area (Å²) in [6, 6.07) is 5.24. The maximum Gasteiger partial charge on any atom is 0.269 e. The number of nitrogens with zero attached hydrogens (tertiary/aromatic N) is 1. The monoisotopic (exact) mass is 243 g/mol. The molecule has 2 aromatic rings. The minimum Gasteiger partial charge on any atom is -0.508 e. The van der Waals surface area contributed by atoms with Crippen LogP contribution in [0.5, 0.6) is 5.75 Å². The van der Waals surface area contributed by atoms with E-state index in [1.165, 1.54) is 0 Å². The number of benzene rings is 1. The Morgan fingerprint density at radius 1 is 1.44 bits per heavy atom. The first-order valence-corrected chi connectivity index (χ1v) is 5.82. The van der Waals surface area contributed by atoms with Crippen molar-refractivity contribution < 1.29 is 9.90 Å². The van der Waals surface area contributed by atoms with E-state index in [9.17, 15) is 9.90 Å². The van der Waals surface area contributed by atoms with Crippen molar-refractivity contribution in [2.45, 2.75) is 12.8 Å². The Morgan fingerprint density at radius 2 is 2.28 bits per heavy atom. The number of carbonyl (C=O) groups excluding carboxylic acids is 1. The molecule has 0 radical (unpaired) electrons. The SMILES string of the molecule is CNC(=O)c1[nH]nc2c1CCc1cc(O)ccc1-2. The van der Waals surface area contributed by atoms with Crippen LogP contribution in [-0.4, -0.2) is 28.3 Å². The summed E-state index contributed by atoms with van der Waals surface area (Å²) in [6.45, 7) is 0. The molecule has 0 atom stereocenters. The number of H-pyrrole nitrogens is 1. The van der Waals surface area contributed by atoms with Crippen LogP contribution in [0, 0.1) is 0 Å². The van der Waals surface area contributed by atoms with Crippen molar-refractivity contribution >= 4 is 5.91 Å². The van der Waals surface area contributed by atoms with Gasteiger partial charge in [0.25, 0.3) is 5.91 Å². The number of aromatic nitrogens is 2. The Balaban J connectivity index is 2.15. The van der Waals surface area contributed by atoms with E-state index in [4.69, 9.17) is 0 Å². The highest BCUT2D eigenvalue weighted by Gasteiger charge is 2.24. The van der Waals surface area contributed by atoms with Crippen LogP contribution in [-0.2, 0) is 12.8 Å². The van der Waals surface area contributed by atoms with Gasteiger partial charge in [-0.1, -0.05) is 0 Å². The predicted molar refractivity (Wildman–Crippen MR) is 66.5 cm³/mol. The average molecular weight is 243 g/mol. The fraction of sp³-hybridized carbons (Fsp3) is 0.231. The first-order chi connectivity index (χ1) is 8.70. The molecule has 3 rings (SSSR count). The van der Waals surface area contributed by atoms with Gasteiger partial charge in [0.2, 0.25) is 0 Å². The quantitative estimate of drug-likeness (QED) is 0.705. The van der Waals surface area contributed by atoms with Crippen molar-refractivity contribution in [1.29, 1.82) is 0 Å². The van der Waals surface area contributed by atoms with Crippen LogP contribution < -0.4 is 5.32 Å². The number of rotatable bonds is 1. The molecule has 0 unspecified atom stereocenters. The van der Waals surface area contributed by atoms with Gasteiger partial charge in [0.05, 0.1) is 5.69 Å². The number of phenolic OH excluding ortho intramolecular Hbond substituents is 1. The number of hydrogen-bond acceptors (Lipinski definition) is 3. The zero-order chi connectivity index (χ0) is 12.7. The van der Waals surface area contributed by atoms with Gasteiger partial charge in [-0.2, -0.15) is 5.10 Å². The number of nitrogens with one attached hydrogen (secondary N) is 2. The van der Waals surface area contributed by atoms with E-state index < -0.39 is 0 Å². The first kappa shape index (κ1) is 10.8. The van der Waals surface area contributed by atoms with Crippen LogP contribution in [0.2, 0.25) is 0 Å². The molecular formula is C13H13N3O2. The number of amides is 1. The molecule has 0 spiro atoms. The molecule has 1 aliphatic rings. The number of hydrogen-bond donors (Lipinski definition) is 3. The highest BCUT2D eigenvalue weighted by atomic mass is 16.3. The molecule has 18 heavy (non-hydrogen) atoms. The molecule has 0 saturated carbocycles. The normalized spacial score (nSPS) is 12.7. The zero-order valence-electron chi connectivity index (χ0n) is 9.95. The van der Waals surface area contributed by atoms with E-state index in [-0.39, 0.29) is 11.7 Å². The van der Waals surface area contributed by atoms with Crippen molar-refractivity contribution in [3.05, 3.63) is 35.0 Å². The maximum atomic E-state index is 11.7. The van der Waals surface area contributed by atoms with Crippen LogP contribution >= 0.6 is 0 Å². The summed E-state index contributed by atoms with van der Waals surface area (Å²) in [5, 5.41) is 19.1. The molecule has 0 bridgehead atoms. The van der Waals surface area contributed by atoms with Crippen LogP contribution in [0.15, 0.2) is 18.2 Å². The van der Waals surface area contributed by atoms with Gasteiger partial charge in [-0.25, -0.2) is 0 Å². The Kier molecular flexibility index (Phi) is 2.33. The van der Waals surface area contributed by atoms with Gasteiger partial charge in [0, 0.05) is 18.2 Å². The lowest BCUT2D eigenvalue weighted by Gasteiger charge is -2.15. The molecule has 0 saturated heterocycles. The fourth-order valence-electron chi connectivity index (χ4n) is 2.42. The molecule has 1 heterocycles. The van der Waals surface area contributed by atoms with E-state index in [1.807, 2.05) is 6.07 Å². The molecule has 92 valence electrons. The van der Waals surface area contributed by atoms with E-state index in [2.05, 4.69) is 15.5 Å². The summed E-state index contributed by atoms with van der Waals surface area (Å²) >= 11 is 0. The minimum absolute atomic E-state index is 0.147. The lowest BCUT2D eigenvalue weighted by Crippen LogP contribution is -2.20. The number of fused-ring (bicyclic) bond motifs is 3. The summed E-state index contributed by atoms with van der Waals surface area (Å²) in [4.78, 5) is 11.7. The lowest BCUT2D eigenvalue weighted by molar-refractivity contribution is 0.0957. The molecule has 1 aliphatic carbocycles. The maximum absolute atomic E-state index is 11.7. The lowest BCUT2D eigenvalue weighted by atomic mass is 9.89. The van der Waals surface area contributed by atoms with Gasteiger partial charge >= 0.3 is 0 Å². The molecule has 5 heteroatoms. The van der Waals surface area contributed by atoms with Crippen LogP contribution in [0.25, 0.3) is 11.3 Å². The number of carbonyl (C=O) groups is 1. The van der Waals surface area contributed by atoms with Crippen LogP contribution in [0.3, 0.4) is 0 Å². The highest BCUT2D eigenvalue weighted by Crippen LogP contribution is 2.35. The third-order valence-corrected chi connectivity index (χ3v) is 3.31. The Bertz CT molecular complexity index is 631. The number of aromatic amines is 1. The minimum atomic E-state index is -0.147. The fourth-order valence-corrected chi connectivity index (χ4v) is 2.42. The Hall–Kier alpha value is -2.30. The molecule has 5 nitrogen and oxygen atoms in total. The Labute approximate surface area is 104 Å². The molecule has 1 aromatic heterocycles. The molecule has 3 N–H and O–H groups in total. The van der Waals surface area contributed by atoms with Gasteiger partial charge in [-0.05, 0) is 36.6 Å². The summed E-state index contributed by atoms with van der Waals surface area (Å²) in [5.74, 6) is 0.116. The summed E-state index contributed by atoms with van der Waals surface area (Å²) in [6.07, 6.45) is 1.56. The number of aromatic hydroxyl groups is 1. The third kappa shape index (κ3) is 1.48. The summed E-state index contributed by atoms with van der Waals surface area (Å²) in [7, 11) is 1.60. The van der Waals surface area contributed by atoms with Crippen molar-refractivity contribution in [2.24, 2.45) is 0 Å². The average Bonchev–Trinajstić information content (AvgIpc) is 2.81. The van der Waals surface area contributed by atoms with Gasteiger partial charge in [0.15, 0.2) is 0 Å². The third-order valence-electron chi connectivity index (χ3n) is 3.31. The molecule has 0 fully saturated rings. The van der Waals surface area contributed by atoms with E-state index in [0.29, 0.717) is 5.69 Å². The number of aryl methyl sites for hydroxylation is 1. The van der Waals surface area contributed by atoms with Crippen molar-refractivity contribution in [3.8, 4) is 17.0 Å². The molecular weight excluding hydrogens is 230 g/mol. The van der Waals surface area contributed by atoms with Crippen molar-refractivity contribution in [2.75, 3.05) is 7.05 Å². The van der Waals surface area contributed by atoms with Crippen molar-refractivity contribution in [3.63, 3.8) is 0 Å². The standard InChI is InChI=1S/C13H13N3O2/c1-14-13(18)12-10-4-2-7-6-8(17)3-5-9(7)11(10)15-16-12/h3,5-6,17H,2,4H2,1H3,(H,14,18)(H,15,16).